The second kappa shape index (κ2) is 9.14. The fraction of sp³-hybridized carbons (Fsp3) is 0.222. The molecule has 4 aromatic rings. The van der Waals surface area contributed by atoms with Crippen molar-refractivity contribution in [3.05, 3.63) is 95.9 Å². The zero-order chi connectivity index (χ0) is 25.4. The fourth-order valence-corrected chi connectivity index (χ4v) is 4.61. The number of aromatic nitrogens is 2. The lowest BCUT2D eigenvalue weighted by atomic mass is 9.99. The van der Waals surface area contributed by atoms with Crippen LogP contribution in [-0.2, 0) is 16.1 Å². The van der Waals surface area contributed by atoms with Crippen molar-refractivity contribution in [3.8, 4) is 0 Å². The predicted octanol–water partition coefficient (Wildman–Crippen LogP) is 4.84. The van der Waals surface area contributed by atoms with Crippen LogP contribution >= 0.6 is 0 Å². The van der Waals surface area contributed by atoms with Crippen LogP contribution in [0.4, 0.5) is 18.9 Å². The van der Waals surface area contributed by atoms with Crippen molar-refractivity contribution >= 4 is 28.4 Å². The first-order valence-electron chi connectivity index (χ1n) is 11.5. The first kappa shape index (κ1) is 23.6. The first-order chi connectivity index (χ1) is 17.2. The van der Waals surface area contributed by atoms with Gasteiger partial charge < -0.3 is 10.2 Å². The van der Waals surface area contributed by atoms with Gasteiger partial charge in [0.05, 0.1) is 30.3 Å². The first-order valence-corrected chi connectivity index (χ1v) is 11.5. The molecule has 0 saturated carbocycles. The second-order valence-corrected chi connectivity index (χ2v) is 8.96. The summed E-state index contributed by atoms with van der Waals surface area (Å²) in [5, 5.41) is 7.59. The molecule has 36 heavy (non-hydrogen) atoms. The standard InChI is InChI=1S/C27H23F3N4O2/c1-27(29,30)26(36)32-22-14-24(35)34(25(22)18-5-3-2-4-6-18)21-11-12-23-19(13-21)15-31-33(23)16-17-7-9-20(28)10-8-17/h2-13,15,22,25H,14,16H2,1H3,(H,32,36). The maximum atomic E-state index is 13.6. The Balaban J connectivity index is 1.48. The van der Waals surface area contributed by atoms with Crippen LogP contribution in [0.25, 0.3) is 10.9 Å². The van der Waals surface area contributed by atoms with Gasteiger partial charge in [0.2, 0.25) is 5.91 Å². The maximum absolute atomic E-state index is 13.6. The summed E-state index contributed by atoms with van der Waals surface area (Å²) in [6.45, 7) is 0.976. The monoisotopic (exact) mass is 492 g/mol. The van der Waals surface area contributed by atoms with Gasteiger partial charge in [-0.2, -0.15) is 13.9 Å². The van der Waals surface area contributed by atoms with E-state index in [1.807, 2.05) is 18.2 Å². The third kappa shape index (κ3) is 4.56. The average molecular weight is 493 g/mol. The minimum atomic E-state index is -3.56. The summed E-state index contributed by atoms with van der Waals surface area (Å²) in [6, 6.07) is 19.1. The quantitative estimate of drug-likeness (QED) is 0.419. The minimum absolute atomic E-state index is 0.108. The molecule has 0 bridgehead atoms. The van der Waals surface area contributed by atoms with Crippen molar-refractivity contribution < 1.29 is 22.8 Å². The van der Waals surface area contributed by atoms with Gasteiger partial charge in [0.1, 0.15) is 5.82 Å². The molecule has 1 N–H and O–H groups in total. The number of alkyl halides is 2. The Morgan fingerprint density at radius 3 is 2.50 bits per heavy atom. The summed E-state index contributed by atoms with van der Waals surface area (Å²) in [6.07, 6.45) is 1.57. The van der Waals surface area contributed by atoms with Gasteiger partial charge in [0, 0.05) is 24.4 Å². The Hall–Kier alpha value is -4.14. The van der Waals surface area contributed by atoms with Crippen molar-refractivity contribution in [3.63, 3.8) is 0 Å². The van der Waals surface area contributed by atoms with Crippen LogP contribution in [0.3, 0.4) is 0 Å². The lowest BCUT2D eigenvalue weighted by Crippen LogP contribution is -2.46. The molecule has 1 aliphatic rings. The summed E-state index contributed by atoms with van der Waals surface area (Å²) in [4.78, 5) is 26.8. The van der Waals surface area contributed by atoms with Crippen LogP contribution in [0.15, 0.2) is 79.0 Å². The highest BCUT2D eigenvalue weighted by atomic mass is 19.3. The Labute approximate surface area is 205 Å². The Morgan fingerprint density at radius 2 is 1.81 bits per heavy atom. The van der Waals surface area contributed by atoms with Crippen molar-refractivity contribution in [1.82, 2.24) is 15.1 Å². The van der Waals surface area contributed by atoms with Gasteiger partial charge in [-0.05, 0) is 41.5 Å². The number of fused-ring (bicyclic) bond motifs is 1. The summed E-state index contributed by atoms with van der Waals surface area (Å²) in [7, 11) is 0. The third-order valence-corrected chi connectivity index (χ3v) is 6.33. The van der Waals surface area contributed by atoms with Gasteiger partial charge in [-0.15, -0.1) is 0 Å². The number of nitrogens with zero attached hydrogens (tertiary/aromatic N) is 3. The summed E-state index contributed by atoms with van der Waals surface area (Å²) >= 11 is 0. The number of amides is 2. The predicted molar refractivity (Wildman–Crippen MR) is 129 cm³/mol. The van der Waals surface area contributed by atoms with Gasteiger partial charge in [0.15, 0.2) is 0 Å². The molecule has 2 heterocycles. The summed E-state index contributed by atoms with van der Waals surface area (Å²) in [5.41, 5.74) is 3.00. The van der Waals surface area contributed by atoms with Crippen molar-refractivity contribution in [2.24, 2.45) is 0 Å². The summed E-state index contributed by atoms with van der Waals surface area (Å²) in [5.74, 6) is -5.57. The van der Waals surface area contributed by atoms with E-state index in [2.05, 4.69) is 10.4 Å². The number of rotatable bonds is 6. The minimum Gasteiger partial charge on any atom is -0.345 e. The highest BCUT2D eigenvalue weighted by molar-refractivity contribution is 6.00. The number of anilines is 1. The number of hydrogen-bond acceptors (Lipinski definition) is 3. The lowest BCUT2D eigenvalue weighted by Gasteiger charge is -2.29. The number of benzene rings is 3. The number of carbonyl (C=O) groups excluding carboxylic acids is 2. The number of hydrogen-bond donors (Lipinski definition) is 1. The van der Waals surface area contributed by atoms with E-state index in [9.17, 15) is 22.8 Å². The van der Waals surface area contributed by atoms with Crippen LogP contribution < -0.4 is 10.2 Å². The normalized spacial score (nSPS) is 18.1. The van der Waals surface area contributed by atoms with E-state index in [1.165, 1.54) is 12.1 Å². The SMILES string of the molecule is CC(F)(F)C(=O)NC1CC(=O)N(c2ccc3c(cnn3Cc3ccc(F)cc3)c2)C1c1ccccc1. The van der Waals surface area contributed by atoms with Crippen LogP contribution in [0.5, 0.6) is 0 Å². The largest absolute Gasteiger partial charge is 0.345 e. The van der Waals surface area contributed by atoms with Crippen molar-refractivity contribution in [2.75, 3.05) is 4.90 Å². The van der Waals surface area contributed by atoms with E-state index in [4.69, 9.17) is 0 Å². The Bertz CT molecular complexity index is 1410. The zero-order valence-corrected chi connectivity index (χ0v) is 19.4. The van der Waals surface area contributed by atoms with Gasteiger partial charge in [0.25, 0.3) is 5.91 Å². The van der Waals surface area contributed by atoms with Crippen LogP contribution in [0, 0.1) is 5.82 Å². The highest BCUT2D eigenvalue weighted by Gasteiger charge is 2.45. The number of carbonyl (C=O) groups is 2. The van der Waals surface area contributed by atoms with Gasteiger partial charge in [-0.25, -0.2) is 4.39 Å². The molecule has 1 saturated heterocycles. The summed E-state index contributed by atoms with van der Waals surface area (Å²) < 4.78 is 42.3. The molecule has 2 amide bonds. The van der Waals surface area contributed by atoms with Crippen LogP contribution in [0.1, 0.15) is 30.5 Å². The molecule has 184 valence electrons. The van der Waals surface area contributed by atoms with Crippen LogP contribution in [0.2, 0.25) is 0 Å². The van der Waals surface area contributed by atoms with Gasteiger partial charge >= 0.3 is 5.92 Å². The molecule has 2 atom stereocenters. The van der Waals surface area contributed by atoms with Gasteiger partial charge in [-0.3, -0.25) is 14.3 Å². The molecule has 5 rings (SSSR count). The average Bonchev–Trinajstić information content (AvgIpc) is 3.40. The van der Waals surface area contributed by atoms with Crippen molar-refractivity contribution in [1.29, 1.82) is 0 Å². The van der Waals surface area contributed by atoms with E-state index in [0.29, 0.717) is 19.2 Å². The second-order valence-electron chi connectivity index (χ2n) is 8.96. The third-order valence-electron chi connectivity index (χ3n) is 6.33. The zero-order valence-electron chi connectivity index (χ0n) is 19.4. The smallest absolute Gasteiger partial charge is 0.321 e. The molecular formula is C27H23F3N4O2. The number of halogens is 3. The Morgan fingerprint density at radius 1 is 1.08 bits per heavy atom. The lowest BCUT2D eigenvalue weighted by molar-refractivity contribution is -0.143. The van der Waals surface area contributed by atoms with E-state index < -0.39 is 23.9 Å². The molecule has 2 unspecified atom stereocenters. The molecule has 3 aromatic carbocycles. The molecule has 1 aliphatic heterocycles. The molecule has 9 heteroatoms. The number of nitrogens with one attached hydrogen (secondary N) is 1. The Kier molecular flexibility index (Phi) is 5.99. The molecule has 0 radical (unpaired) electrons. The molecule has 1 aromatic heterocycles. The highest BCUT2D eigenvalue weighted by Crippen LogP contribution is 2.38. The van der Waals surface area contributed by atoms with E-state index >= 15 is 0 Å². The molecule has 0 aliphatic carbocycles. The maximum Gasteiger partial charge on any atom is 0.321 e. The molecular weight excluding hydrogens is 469 g/mol. The van der Waals surface area contributed by atoms with E-state index in [-0.39, 0.29) is 18.1 Å². The molecule has 0 spiro atoms. The van der Waals surface area contributed by atoms with Crippen LogP contribution in [-0.4, -0.2) is 33.6 Å². The van der Waals surface area contributed by atoms with E-state index in [0.717, 1.165) is 22.0 Å². The molecule has 1 fully saturated rings. The van der Waals surface area contributed by atoms with Crippen molar-refractivity contribution in [2.45, 2.75) is 37.9 Å². The topological polar surface area (TPSA) is 67.2 Å². The van der Waals surface area contributed by atoms with Gasteiger partial charge in [-0.1, -0.05) is 42.5 Å². The molecule has 6 nitrogen and oxygen atoms in total. The van der Waals surface area contributed by atoms with E-state index in [1.54, 1.807) is 58.2 Å². The fourth-order valence-electron chi connectivity index (χ4n) is 4.61.